The summed E-state index contributed by atoms with van der Waals surface area (Å²) in [6, 6.07) is 5.97. The van der Waals surface area contributed by atoms with Crippen LogP contribution < -0.4 is 9.64 Å². The molecule has 1 spiro atoms. The predicted molar refractivity (Wildman–Crippen MR) is 143 cm³/mol. The minimum atomic E-state index is -0.886. The number of carbonyl (C=O) groups is 3. The maximum Gasteiger partial charge on any atom is 0.251 e. The van der Waals surface area contributed by atoms with Crippen LogP contribution in [0.1, 0.15) is 26.7 Å². The molecule has 4 aliphatic rings. The van der Waals surface area contributed by atoms with Crippen LogP contribution in [0.4, 0.5) is 5.69 Å². The normalized spacial score (nSPS) is 31.7. The van der Waals surface area contributed by atoms with E-state index in [1.807, 2.05) is 61.2 Å². The Morgan fingerprint density at radius 1 is 1.08 bits per heavy atom. The monoisotopic (exact) mass is 525 g/mol. The van der Waals surface area contributed by atoms with Crippen LogP contribution in [0.15, 0.2) is 48.6 Å². The van der Waals surface area contributed by atoms with Gasteiger partial charge in [-0.15, -0.1) is 11.8 Å². The van der Waals surface area contributed by atoms with Gasteiger partial charge in [0.05, 0.1) is 36.3 Å². The summed E-state index contributed by atoms with van der Waals surface area (Å²) in [6.45, 7) is 5.23. The summed E-state index contributed by atoms with van der Waals surface area (Å²) in [5.41, 5.74) is 0.711. The third-order valence-corrected chi connectivity index (χ3v) is 9.88. The summed E-state index contributed by atoms with van der Waals surface area (Å²) in [5, 5.41) is 10.1. The number of ether oxygens (including phenoxy) is 1. The van der Waals surface area contributed by atoms with E-state index in [2.05, 4.69) is 6.08 Å². The van der Waals surface area contributed by atoms with Crippen LogP contribution in [0.25, 0.3) is 0 Å². The fourth-order valence-electron chi connectivity index (χ4n) is 6.40. The van der Waals surface area contributed by atoms with Crippen LogP contribution in [-0.4, -0.2) is 88.1 Å². The van der Waals surface area contributed by atoms with Crippen molar-refractivity contribution >= 4 is 35.2 Å². The number of rotatable bonds is 7. The summed E-state index contributed by atoms with van der Waals surface area (Å²) in [4.78, 5) is 47.6. The van der Waals surface area contributed by atoms with Crippen LogP contribution >= 0.6 is 11.8 Å². The Bertz CT molecular complexity index is 1120. The van der Waals surface area contributed by atoms with Gasteiger partial charge in [0.25, 0.3) is 5.91 Å². The quantitative estimate of drug-likeness (QED) is 0.550. The third-order valence-electron chi connectivity index (χ3n) is 8.13. The van der Waals surface area contributed by atoms with Gasteiger partial charge in [-0.3, -0.25) is 14.4 Å². The summed E-state index contributed by atoms with van der Waals surface area (Å²) in [6.07, 6.45) is 9.39. The Labute approximate surface area is 222 Å². The molecule has 0 aliphatic carbocycles. The molecule has 198 valence electrons. The van der Waals surface area contributed by atoms with Crippen molar-refractivity contribution < 1.29 is 24.2 Å². The highest BCUT2D eigenvalue weighted by Gasteiger charge is 2.71. The number of amides is 3. The predicted octanol–water partition coefficient (Wildman–Crippen LogP) is 2.47. The number of hydrogen-bond acceptors (Lipinski definition) is 6. The molecule has 0 aromatic heterocycles. The summed E-state index contributed by atoms with van der Waals surface area (Å²) in [7, 11) is 1.59. The number of aliphatic hydroxyl groups excluding tert-OH is 1. The largest absolute Gasteiger partial charge is 0.497 e. The highest BCUT2D eigenvalue weighted by molar-refractivity contribution is 8.02. The summed E-state index contributed by atoms with van der Waals surface area (Å²) >= 11 is 1.57. The Hall–Kier alpha value is -2.78. The van der Waals surface area contributed by atoms with Gasteiger partial charge in [-0.2, -0.15) is 0 Å². The lowest BCUT2D eigenvalue weighted by atomic mass is 9.78. The van der Waals surface area contributed by atoms with Crippen molar-refractivity contribution in [2.45, 2.75) is 48.8 Å². The highest BCUT2D eigenvalue weighted by atomic mass is 32.2. The zero-order chi connectivity index (χ0) is 26.3. The standard InChI is InChI=1S/C28H35N3O5S/c1-4-14-29-15-6-8-21-22(25(29)33)23-26(34)31(18(5-2)17-32)24-27(35)30(16-7-13-28(23,24)37-21)19-9-11-20(36-3)12-10-19/h6-13,18,21-24,32H,4-5,14-17H2,1-3H3/t18-,21+,22-,23-,24?,28-/m0/s1. The molecule has 4 heterocycles. The Balaban J connectivity index is 1.61. The Morgan fingerprint density at radius 3 is 2.49 bits per heavy atom. The topological polar surface area (TPSA) is 90.4 Å². The molecule has 3 amide bonds. The first-order chi connectivity index (χ1) is 17.9. The van der Waals surface area contributed by atoms with Crippen LogP contribution in [0.3, 0.4) is 0 Å². The van der Waals surface area contributed by atoms with Crippen LogP contribution in [0.2, 0.25) is 0 Å². The van der Waals surface area contributed by atoms with E-state index in [4.69, 9.17) is 4.74 Å². The molecule has 6 atom stereocenters. The van der Waals surface area contributed by atoms with Gasteiger partial charge in [0.1, 0.15) is 11.8 Å². The van der Waals surface area contributed by atoms with Crippen LogP contribution in [-0.2, 0) is 14.4 Å². The number of methoxy groups -OCH3 is 1. The second-order valence-electron chi connectivity index (χ2n) is 10.1. The second-order valence-corrected chi connectivity index (χ2v) is 11.6. The molecule has 5 rings (SSSR count). The number of benzene rings is 1. The smallest absolute Gasteiger partial charge is 0.251 e. The fraction of sp³-hybridized carbons (Fsp3) is 0.536. The number of carbonyl (C=O) groups excluding carboxylic acids is 3. The van der Waals surface area contributed by atoms with Crippen LogP contribution in [0, 0.1) is 11.8 Å². The van der Waals surface area contributed by atoms with Gasteiger partial charge in [-0.1, -0.05) is 38.2 Å². The number of likely N-dealkylation sites (tertiary alicyclic amines) is 1. The third kappa shape index (κ3) is 3.98. The van der Waals surface area contributed by atoms with E-state index in [1.165, 1.54) is 0 Å². The number of fused-ring (bicyclic) bond motifs is 2. The lowest BCUT2D eigenvalue weighted by Gasteiger charge is -2.38. The summed E-state index contributed by atoms with van der Waals surface area (Å²) < 4.78 is 4.40. The van der Waals surface area contributed by atoms with E-state index in [0.717, 1.165) is 6.42 Å². The first kappa shape index (κ1) is 25.9. The molecule has 2 saturated heterocycles. The number of anilines is 1. The van der Waals surface area contributed by atoms with Gasteiger partial charge in [0.15, 0.2) is 0 Å². The molecular formula is C28H35N3O5S. The number of hydrogen-bond donors (Lipinski definition) is 1. The van der Waals surface area contributed by atoms with E-state index < -0.39 is 28.7 Å². The molecule has 9 heteroatoms. The Kier molecular flexibility index (Phi) is 7.11. The molecule has 1 unspecified atom stereocenters. The lowest BCUT2D eigenvalue weighted by molar-refractivity contribution is -0.144. The van der Waals surface area contributed by atoms with Crippen molar-refractivity contribution in [2.75, 3.05) is 38.3 Å². The zero-order valence-corrected chi connectivity index (χ0v) is 22.4. The first-order valence-electron chi connectivity index (χ1n) is 13.1. The van der Waals surface area contributed by atoms with Crippen molar-refractivity contribution in [3.05, 3.63) is 48.6 Å². The molecule has 0 radical (unpaired) electrons. The lowest BCUT2D eigenvalue weighted by Crippen LogP contribution is -2.56. The van der Waals surface area contributed by atoms with Crippen molar-refractivity contribution in [2.24, 2.45) is 11.8 Å². The van der Waals surface area contributed by atoms with Gasteiger partial charge < -0.3 is 24.5 Å². The van der Waals surface area contributed by atoms with Gasteiger partial charge in [-0.25, -0.2) is 0 Å². The van der Waals surface area contributed by atoms with E-state index >= 15 is 0 Å². The zero-order valence-electron chi connectivity index (χ0n) is 21.6. The van der Waals surface area contributed by atoms with Crippen molar-refractivity contribution in [3.8, 4) is 5.75 Å². The SMILES string of the molecule is CCCN1CC=C[C@H]2S[C@]34C=CCN(c5ccc(OC)cc5)C(=O)C3N([C@@H](CC)CO)C(=O)[C@@H]4[C@H]2C1=O. The van der Waals surface area contributed by atoms with E-state index in [1.54, 1.807) is 28.7 Å². The van der Waals surface area contributed by atoms with E-state index in [9.17, 15) is 19.5 Å². The molecule has 8 nitrogen and oxygen atoms in total. The van der Waals surface area contributed by atoms with Crippen molar-refractivity contribution in [1.82, 2.24) is 9.80 Å². The summed E-state index contributed by atoms with van der Waals surface area (Å²) in [5.74, 6) is -0.940. The molecule has 2 fully saturated rings. The fourth-order valence-corrected chi connectivity index (χ4v) is 8.39. The molecule has 1 aromatic carbocycles. The minimum Gasteiger partial charge on any atom is -0.497 e. The molecule has 0 bridgehead atoms. The molecular weight excluding hydrogens is 490 g/mol. The van der Waals surface area contributed by atoms with Gasteiger partial charge in [0.2, 0.25) is 11.8 Å². The number of aliphatic hydroxyl groups is 1. The molecule has 1 aromatic rings. The average molecular weight is 526 g/mol. The van der Waals surface area contributed by atoms with Crippen molar-refractivity contribution in [3.63, 3.8) is 0 Å². The van der Waals surface area contributed by atoms with Crippen LogP contribution in [0.5, 0.6) is 5.75 Å². The molecule has 1 N–H and O–H groups in total. The van der Waals surface area contributed by atoms with Gasteiger partial charge in [-0.05, 0) is 37.1 Å². The first-order valence-corrected chi connectivity index (χ1v) is 14.0. The minimum absolute atomic E-state index is 0.0191. The second kappa shape index (κ2) is 10.2. The highest BCUT2D eigenvalue weighted by Crippen LogP contribution is 2.61. The number of nitrogens with zero attached hydrogens (tertiary/aromatic N) is 3. The maximum atomic E-state index is 14.4. The molecule has 37 heavy (non-hydrogen) atoms. The van der Waals surface area contributed by atoms with E-state index in [-0.39, 0.29) is 29.6 Å². The average Bonchev–Trinajstić information content (AvgIpc) is 3.23. The van der Waals surface area contributed by atoms with E-state index in [0.29, 0.717) is 37.5 Å². The maximum absolute atomic E-state index is 14.4. The number of thioether (sulfide) groups is 1. The van der Waals surface area contributed by atoms with Gasteiger partial charge >= 0.3 is 0 Å². The van der Waals surface area contributed by atoms with Crippen molar-refractivity contribution in [1.29, 1.82) is 0 Å². The molecule has 0 saturated carbocycles. The Morgan fingerprint density at radius 2 is 1.84 bits per heavy atom. The van der Waals surface area contributed by atoms with Gasteiger partial charge in [0, 0.05) is 30.6 Å². The molecule has 4 aliphatic heterocycles.